The summed E-state index contributed by atoms with van der Waals surface area (Å²) in [6.45, 7) is 4.23. The average Bonchev–Trinajstić information content (AvgIpc) is 2.52. The molecule has 0 saturated heterocycles. The van der Waals surface area contributed by atoms with Gasteiger partial charge in [-0.15, -0.1) is 0 Å². The summed E-state index contributed by atoms with van der Waals surface area (Å²) in [5.74, 6) is -0.235. The first kappa shape index (κ1) is 18.0. The SMILES string of the molecule is Cc1ccccc1CNC(=O)c1ccc(C)c(N(C)S(C)(=O)=O)c1. The molecule has 0 aliphatic rings. The van der Waals surface area contributed by atoms with E-state index in [4.69, 9.17) is 0 Å². The molecular formula is C18H22N2O3S. The van der Waals surface area contributed by atoms with Gasteiger partial charge in [-0.25, -0.2) is 8.42 Å². The zero-order chi connectivity index (χ0) is 17.9. The third-order valence-electron chi connectivity index (χ3n) is 4.01. The molecule has 1 amide bonds. The Balaban J connectivity index is 2.20. The molecule has 0 aliphatic heterocycles. The summed E-state index contributed by atoms with van der Waals surface area (Å²) in [6, 6.07) is 12.9. The van der Waals surface area contributed by atoms with Crippen LogP contribution in [0.15, 0.2) is 42.5 Å². The molecule has 5 nitrogen and oxygen atoms in total. The lowest BCUT2D eigenvalue weighted by atomic mass is 10.1. The maximum atomic E-state index is 12.4. The van der Waals surface area contributed by atoms with Crippen LogP contribution in [-0.4, -0.2) is 27.6 Å². The van der Waals surface area contributed by atoms with Crippen LogP contribution in [0.25, 0.3) is 0 Å². The van der Waals surface area contributed by atoms with Crippen molar-refractivity contribution in [2.45, 2.75) is 20.4 Å². The van der Waals surface area contributed by atoms with Crippen molar-refractivity contribution in [3.05, 3.63) is 64.7 Å². The summed E-state index contributed by atoms with van der Waals surface area (Å²) < 4.78 is 24.7. The number of sulfonamides is 1. The molecule has 0 aliphatic carbocycles. The number of carbonyl (C=O) groups is 1. The highest BCUT2D eigenvalue weighted by atomic mass is 32.2. The Bertz CT molecular complexity index is 860. The highest BCUT2D eigenvalue weighted by Crippen LogP contribution is 2.22. The van der Waals surface area contributed by atoms with Crippen molar-refractivity contribution in [2.24, 2.45) is 0 Å². The van der Waals surface area contributed by atoms with Gasteiger partial charge in [0.25, 0.3) is 5.91 Å². The number of hydrogen-bond donors (Lipinski definition) is 1. The van der Waals surface area contributed by atoms with Crippen molar-refractivity contribution in [2.75, 3.05) is 17.6 Å². The van der Waals surface area contributed by atoms with E-state index in [1.807, 2.05) is 38.1 Å². The number of rotatable bonds is 5. The van der Waals surface area contributed by atoms with E-state index in [-0.39, 0.29) is 5.91 Å². The minimum absolute atomic E-state index is 0.235. The molecule has 0 bridgehead atoms. The quantitative estimate of drug-likeness (QED) is 0.905. The predicted molar refractivity (Wildman–Crippen MR) is 96.8 cm³/mol. The van der Waals surface area contributed by atoms with Crippen LogP contribution in [0.5, 0.6) is 0 Å². The van der Waals surface area contributed by atoms with Gasteiger partial charge in [-0.2, -0.15) is 0 Å². The Morgan fingerprint density at radius 2 is 1.75 bits per heavy atom. The lowest BCUT2D eigenvalue weighted by Gasteiger charge is -2.19. The maximum Gasteiger partial charge on any atom is 0.251 e. The van der Waals surface area contributed by atoms with Crippen molar-refractivity contribution >= 4 is 21.6 Å². The fraction of sp³-hybridized carbons (Fsp3) is 0.278. The van der Waals surface area contributed by atoms with Crippen LogP contribution < -0.4 is 9.62 Å². The largest absolute Gasteiger partial charge is 0.348 e. The van der Waals surface area contributed by atoms with E-state index in [1.165, 1.54) is 11.4 Å². The molecule has 0 unspecified atom stereocenters. The fourth-order valence-electron chi connectivity index (χ4n) is 2.35. The molecule has 0 heterocycles. The Labute approximate surface area is 143 Å². The van der Waals surface area contributed by atoms with Crippen molar-refractivity contribution in [1.82, 2.24) is 5.32 Å². The summed E-state index contributed by atoms with van der Waals surface area (Å²) in [5, 5.41) is 2.87. The first-order valence-electron chi connectivity index (χ1n) is 7.57. The second-order valence-electron chi connectivity index (χ2n) is 5.84. The van der Waals surface area contributed by atoms with E-state index in [0.29, 0.717) is 17.8 Å². The molecule has 0 atom stereocenters. The van der Waals surface area contributed by atoms with E-state index in [1.54, 1.807) is 18.2 Å². The Hall–Kier alpha value is -2.34. The monoisotopic (exact) mass is 346 g/mol. The summed E-state index contributed by atoms with van der Waals surface area (Å²) >= 11 is 0. The number of anilines is 1. The topological polar surface area (TPSA) is 66.5 Å². The van der Waals surface area contributed by atoms with Crippen LogP contribution in [0.4, 0.5) is 5.69 Å². The summed E-state index contributed by atoms with van der Waals surface area (Å²) in [6.07, 6.45) is 1.14. The van der Waals surface area contributed by atoms with Crippen LogP contribution in [-0.2, 0) is 16.6 Å². The van der Waals surface area contributed by atoms with Crippen molar-refractivity contribution < 1.29 is 13.2 Å². The van der Waals surface area contributed by atoms with Crippen LogP contribution in [0.3, 0.4) is 0 Å². The molecule has 6 heteroatoms. The minimum atomic E-state index is -3.38. The lowest BCUT2D eigenvalue weighted by Crippen LogP contribution is -2.27. The number of nitrogens with one attached hydrogen (secondary N) is 1. The van der Waals surface area contributed by atoms with E-state index in [0.717, 1.165) is 22.9 Å². The van der Waals surface area contributed by atoms with Gasteiger partial charge in [-0.3, -0.25) is 9.10 Å². The molecule has 0 spiro atoms. The molecule has 2 rings (SSSR count). The predicted octanol–water partition coefficient (Wildman–Crippen LogP) is 2.63. The first-order chi connectivity index (χ1) is 11.2. The van der Waals surface area contributed by atoms with Gasteiger partial charge in [-0.05, 0) is 42.7 Å². The standard InChI is InChI=1S/C18H22N2O3S/c1-13-7-5-6-8-16(13)12-19-18(21)15-10-9-14(2)17(11-15)20(3)24(4,22)23/h5-11H,12H2,1-4H3,(H,19,21). The van der Waals surface area contributed by atoms with Gasteiger partial charge in [0.15, 0.2) is 0 Å². The Kier molecular flexibility index (Phi) is 5.29. The number of aryl methyl sites for hydroxylation is 2. The van der Waals surface area contributed by atoms with Crippen LogP contribution in [0.1, 0.15) is 27.0 Å². The van der Waals surface area contributed by atoms with Crippen molar-refractivity contribution in [3.63, 3.8) is 0 Å². The molecule has 0 radical (unpaired) electrons. The third kappa shape index (κ3) is 4.14. The summed E-state index contributed by atoms with van der Waals surface area (Å²) in [7, 11) is -1.90. The van der Waals surface area contributed by atoms with E-state index < -0.39 is 10.0 Å². The second kappa shape index (κ2) is 7.05. The molecule has 24 heavy (non-hydrogen) atoms. The zero-order valence-electron chi connectivity index (χ0n) is 14.3. The van der Waals surface area contributed by atoms with E-state index in [2.05, 4.69) is 5.32 Å². The smallest absolute Gasteiger partial charge is 0.251 e. The molecule has 2 aromatic carbocycles. The number of carbonyl (C=O) groups excluding carboxylic acids is 1. The van der Waals surface area contributed by atoms with Gasteiger partial charge in [-0.1, -0.05) is 30.3 Å². The Morgan fingerprint density at radius 3 is 2.38 bits per heavy atom. The van der Waals surface area contributed by atoms with Crippen molar-refractivity contribution in [1.29, 1.82) is 0 Å². The number of hydrogen-bond acceptors (Lipinski definition) is 3. The number of nitrogens with zero attached hydrogens (tertiary/aromatic N) is 1. The molecule has 1 N–H and O–H groups in total. The van der Waals surface area contributed by atoms with E-state index >= 15 is 0 Å². The van der Waals surface area contributed by atoms with Gasteiger partial charge < -0.3 is 5.32 Å². The number of benzene rings is 2. The van der Waals surface area contributed by atoms with Gasteiger partial charge in [0.2, 0.25) is 10.0 Å². The summed E-state index contributed by atoms with van der Waals surface area (Å²) in [4.78, 5) is 12.4. The highest BCUT2D eigenvalue weighted by Gasteiger charge is 2.16. The minimum Gasteiger partial charge on any atom is -0.348 e. The molecule has 0 fully saturated rings. The van der Waals surface area contributed by atoms with Gasteiger partial charge in [0, 0.05) is 19.2 Å². The molecule has 0 saturated carbocycles. The van der Waals surface area contributed by atoms with Crippen LogP contribution in [0.2, 0.25) is 0 Å². The van der Waals surface area contributed by atoms with Crippen molar-refractivity contribution in [3.8, 4) is 0 Å². The maximum absolute atomic E-state index is 12.4. The molecule has 2 aromatic rings. The molecule has 128 valence electrons. The fourth-order valence-corrected chi connectivity index (χ4v) is 2.91. The molecular weight excluding hydrogens is 324 g/mol. The van der Waals surface area contributed by atoms with Gasteiger partial charge in [0.05, 0.1) is 11.9 Å². The highest BCUT2D eigenvalue weighted by molar-refractivity contribution is 7.92. The Morgan fingerprint density at radius 1 is 1.08 bits per heavy atom. The third-order valence-corrected chi connectivity index (χ3v) is 5.20. The van der Waals surface area contributed by atoms with E-state index in [9.17, 15) is 13.2 Å². The normalized spacial score (nSPS) is 11.2. The van der Waals surface area contributed by atoms with Gasteiger partial charge in [0.1, 0.15) is 0 Å². The second-order valence-corrected chi connectivity index (χ2v) is 7.85. The van der Waals surface area contributed by atoms with Crippen LogP contribution in [0, 0.1) is 13.8 Å². The average molecular weight is 346 g/mol. The summed E-state index contributed by atoms with van der Waals surface area (Å²) in [5.41, 5.74) is 3.88. The first-order valence-corrected chi connectivity index (χ1v) is 9.42. The molecule has 0 aromatic heterocycles. The number of amides is 1. The lowest BCUT2D eigenvalue weighted by molar-refractivity contribution is 0.0951. The zero-order valence-corrected chi connectivity index (χ0v) is 15.1. The van der Waals surface area contributed by atoms with Crippen LogP contribution >= 0.6 is 0 Å². The van der Waals surface area contributed by atoms with Gasteiger partial charge >= 0.3 is 0 Å².